The van der Waals surface area contributed by atoms with Gasteiger partial charge in [0.25, 0.3) is 0 Å². The number of sulfone groups is 1. The molecule has 170 valence electrons. The molecule has 1 aliphatic rings. The molecule has 1 N–H and O–H groups in total. The summed E-state index contributed by atoms with van der Waals surface area (Å²) in [4.78, 5) is 12.0. The van der Waals surface area contributed by atoms with Gasteiger partial charge in [0.2, 0.25) is 0 Å². The van der Waals surface area contributed by atoms with Crippen molar-refractivity contribution in [3.05, 3.63) is 29.3 Å². The number of carbonyl (C=O) groups is 1. The first-order chi connectivity index (χ1) is 14.1. The first-order valence-corrected chi connectivity index (χ1v) is 12.8. The maximum atomic E-state index is 12.4. The smallest absolute Gasteiger partial charge is 0.344 e. The van der Waals surface area contributed by atoms with Crippen molar-refractivity contribution in [3.8, 4) is 5.75 Å². The molecule has 0 heterocycles. The largest absolute Gasteiger partial charge is 0.482 e. The van der Waals surface area contributed by atoms with Crippen molar-refractivity contribution in [3.63, 3.8) is 0 Å². The monoisotopic (exact) mass is 439 g/mol. The third-order valence-electron chi connectivity index (χ3n) is 5.09. The van der Waals surface area contributed by atoms with Crippen LogP contribution in [0.4, 0.5) is 0 Å². The number of hydrogen-bond acceptors (Lipinski definition) is 6. The normalized spacial score (nSPS) is 17.1. The van der Waals surface area contributed by atoms with Crippen LogP contribution in [-0.2, 0) is 25.8 Å². The zero-order chi connectivity index (χ0) is 22.2. The number of rotatable bonds is 10. The summed E-state index contributed by atoms with van der Waals surface area (Å²) in [6.07, 6.45) is 6.39. The Morgan fingerprint density at radius 2 is 1.97 bits per heavy atom. The van der Waals surface area contributed by atoms with E-state index in [1.807, 2.05) is 39.0 Å². The van der Waals surface area contributed by atoms with Crippen LogP contribution in [0.25, 0.3) is 0 Å². The summed E-state index contributed by atoms with van der Waals surface area (Å²) in [5, 5.41) is 3.27. The molecule has 0 aliphatic heterocycles. The van der Waals surface area contributed by atoms with Gasteiger partial charge < -0.3 is 9.47 Å². The Labute approximate surface area is 181 Å². The predicted octanol–water partition coefficient (Wildman–Crippen LogP) is 4.33. The standard InChI is InChI=1S/C23H37NO5S/c1-5-6-9-15-30(26,27)17-24-20-13-8-7-11-19-18(20)12-10-14-21(19)28-16-22(25)29-23(2,3)4/h10,12,14,20,24H,5-9,11,13,15-17H2,1-4H3. The average molecular weight is 440 g/mol. The third-order valence-corrected chi connectivity index (χ3v) is 6.61. The van der Waals surface area contributed by atoms with Crippen LogP contribution in [0.3, 0.4) is 0 Å². The Hall–Kier alpha value is -1.60. The molecule has 0 radical (unpaired) electrons. The van der Waals surface area contributed by atoms with Crippen LogP contribution in [0.5, 0.6) is 5.75 Å². The number of unbranched alkanes of at least 4 members (excludes halogenated alkanes) is 2. The lowest BCUT2D eigenvalue weighted by Gasteiger charge is -2.22. The van der Waals surface area contributed by atoms with Crippen LogP contribution >= 0.6 is 0 Å². The molecular weight excluding hydrogens is 402 g/mol. The molecule has 0 fully saturated rings. The van der Waals surface area contributed by atoms with Gasteiger partial charge in [0.1, 0.15) is 11.4 Å². The van der Waals surface area contributed by atoms with E-state index in [1.54, 1.807) is 0 Å². The fourth-order valence-corrected chi connectivity index (χ4v) is 4.95. The quantitative estimate of drug-likeness (QED) is 0.332. The molecule has 0 spiro atoms. The molecular formula is C23H37NO5S. The number of hydrogen-bond donors (Lipinski definition) is 1. The summed E-state index contributed by atoms with van der Waals surface area (Å²) in [5.74, 6) is 0.496. The number of nitrogens with one attached hydrogen (secondary N) is 1. The van der Waals surface area contributed by atoms with Crippen LogP contribution in [-0.4, -0.2) is 38.2 Å². The molecule has 0 aromatic heterocycles. The van der Waals surface area contributed by atoms with Crippen LogP contribution < -0.4 is 10.1 Å². The van der Waals surface area contributed by atoms with Crippen molar-refractivity contribution in [1.29, 1.82) is 0 Å². The number of benzene rings is 1. The summed E-state index contributed by atoms with van der Waals surface area (Å²) >= 11 is 0. The Kier molecular flexibility index (Phi) is 9.16. The van der Waals surface area contributed by atoms with Gasteiger partial charge >= 0.3 is 5.97 Å². The minimum Gasteiger partial charge on any atom is -0.482 e. The lowest BCUT2D eigenvalue weighted by Crippen LogP contribution is -2.29. The Morgan fingerprint density at radius 3 is 2.67 bits per heavy atom. The van der Waals surface area contributed by atoms with E-state index in [9.17, 15) is 13.2 Å². The lowest BCUT2D eigenvalue weighted by molar-refractivity contribution is -0.157. The second kappa shape index (κ2) is 11.1. The summed E-state index contributed by atoms with van der Waals surface area (Å²) in [6.45, 7) is 7.40. The van der Waals surface area contributed by atoms with Crippen molar-refractivity contribution >= 4 is 15.8 Å². The van der Waals surface area contributed by atoms with Gasteiger partial charge in [-0.3, -0.25) is 5.32 Å². The van der Waals surface area contributed by atoms with Gasteiger partial charge in [-0.2, -0.15) is 0 Å². The maximum absolute atomic E-state index is 12.4. The molecule has 7 heteroatoms. The Bertz CT molecular complexity index is 798. The van der Waals surface area contributed by atoms with Crippen LogP contribution in [0.1, 0.15) is 83.4 Å². The van der Waals surface area contributed by atoms with Crippen molar-refractivity contribution in [2.45, 2.75) is 84.3 Å². The molecule has 1 aromatic rings. The van der Waals surface area contributed by atoms with E-state index in [2.05, 4.69) is 12.2 Å². The van der Waals surface area contributed by atoms with E-state index in [1.165, 1.54) is 0 Å². The van der Waals surface area contributed by atoms with Crippen molar-refractivity contribution < 1.29 is 22.7 Å². The van der Waals surface area contributed by atoms with Gasteiger partial charge in [-0.1, -0.05) is 38.3 Å². The SMILES string of the molecule is CCCCCS(=O)(=O)CNC1CCCCc2c(OCC(=O)OC(C)(C)C)cccc21. The zero-order valence-electron chi connectivity index (χ0n) is 18.8. The molecule has 0 amide bonds. The molecule has 0 saturated carbocycles. The molecule has 1 unspecified atom stereocenters. The fourth-order valence-electron chi connectivity index (χ4n) is 3.71. The molecule has 6 nitrogen and oxygen atoms in total. The number of esters is 1. The van der Waals surface area contributed by atoms with Crippen LogP contribution in [0.2, 0.25) is 0 Å². The first-order valence-electron chi connectivity index (χ1n) is 11.0. The summed E-state index contributed by atoms with van der Waals surface area (Å²) in [7, 11) is -3.12. The first kappa shape index (κ1) is 24.7. The van der Waals surface area contributed by atoms with Gasteiger partial charge in [-0.15, -0.1) is 0 Å². The van der Waals surface area contributed by atoms with Gasteiger partial charge in [-0.05, 0) is 63.6 Å². The van der Waals surface area contributed by atoms with E-state index < -0.39 is 21.4 Å². The minimum atomic E-state index is -3.12. The van der Waals surface area contributed by atoms with Crippen molar-refractivity contribution in [2.75, 3.05) is 18.2 Å². The molecule has 0 bridgehead atoms. The van der Waals surface area contributed by atoms with Crippen LogP contribution in [0.15, 0.2) is 18.2 Å². The highest BCUT2D eigenvalue weighted by Gasteiger charge is 2.24. The van der Waals surface area contributed by atoms with Crippen molar-refractivity contribution in [2.24, 2.45) is 0 Å². The summed E-state index contributed by atoms with van der Waals surface area (Å²) in [6, 6.07) is 5.77. The van der Waals surface area contributed by atoms with E-state index in [0.717, 1.165) is 49.7 Å². The average Bonchev–Trinajstić information content (AvgIpc) is 2.86. The molecule has 2 rings (SSSR count). The van der Waals surface area contributed by atoms with Gasteiger partial charge in [0.05, 0.1) is 11.6 Å². The predicted molar refractivity (Wildman–Crippen MR) is 119 cm³/mol. The highest BCUT2D eigenvalue weighted by molar-refractivity contribution is 7.91. The van der Waals surface area contributed by atoms with E-state index in [0.29, 0.717) is 12.2 Å². The topological polar surface area (TPSA) is 81.7 Å². The summed E-state index contributed by atoms with van der Waals surface area (Å²) < 4.78 is 35.9. The van der Waals surface area contributed by atoms with Gasteiger partial charge in [0, 0.05) is 6.04 Å². The minimum absolute atomic E-state index is 0.0101. The zero-order valence-corrected chi connectivity index (χ0v) is 19.6. The number of carbonyl (C=O) groups excluding carboxylic acids is 1. The Morgan fingerprint density at radius 1 is 1.20 bits per heavy atom. The van der Waals surface area contributed by atoms with Gasteiger partial charge in [-0.25, -0.2) is 13.2 Å². The highest BCUT2D eigenvalue weighted by atomic mass is 32.2. The Balaban J connectivity index is 2.07. The number of fused-ring (bicyclic) bond motifs is 1. The molecule has 1 atom stereocenters. The van der Waals surface area contributed by atoms with E-state index in [-0.39, 0.29) is 24.3 Å². The molecule has 30 heavy (non-hydrogen) atoms. The maximum Gasteiger partial charge on any atom is 0.344 e. The second-order valence-electron chi connectivity index (χ2n) is 9.00. The highest BCUT2D eigenvalue weighted by Crippen LogP contribution is 2.34. The number of ether oxygens (including phenoxy) is 2. The fraction of sp³-hybridized carbons (Fsp3) is 0.696. The van der Waals surface area contributed by atoms with E-state index >= 15 is 0 Å². The second-order valence-corrected chi connectivity index (χ2v) is 11.2. The third kappa shape index (κ3) is 8.26. The van der Waals surface area contributed by atoms with Crippen LogP contribution in [0, 0.1) is 0 Å². The van der Waals surface area contributed by atoms with E-state index in [4.69, 9.17) is 9.47 Å². The molecule has 0 saturated heterocycles. The molecule has 1 aromatic carbocycles. The van der Waals surface area contributed by atoms with Gasteiger partial charge in [0.15, 0.2) is 16.4 Å². The lowest BCUT2D eigenvalue weighted by atomic mass is 9.98. The summed E-state index contributed by atoms with van der Waals surface area (Å²) in [5.41, 5.74) is 1.57. The van der Waals surface area contributed by atoms with Crippen molar-refractivity contribution in [1.82, 2.24) is 5.32 Å². The molecule has 1 aliphatic carbocycles.